The Morgan fingerprint density at radius 1 is 1.36 bits per heavy atom. The Morgan fingerprint density at radius 2 is 2.11 bits per heavy atom. The Hall–Kier alpha value is -3.36. The van der Waals surface area contributed by atoms with Gasteiger partial charge in [0.15, 0.2) is 0 Å². The van der Waals surface area contributed by atoms with Gasteiger partial charge >= 0.3 is 0 Å². The van der Waals surface area contributed by atoms with Crippen molar-refractivity contribution in [1.82, 2.24) is 15.0 Å². The van der Waals surface area contributed by atoms with Crippen LogP contribution >= 0.6 is 0 Å². The lowest BCUT2D eigenvalue weighted by atomic mass is 10.1. The zero-order valence-electron chi connectivity index (χ0n) is 16.4. The number of aromatic nitrogens is 2. The van der Waals surface area contributed by atoms with E-state index in [0.717, 1.165) is 28.6 Å². The molecular weight excluding hydrogens is 348 g/mol. The van der Waals surface area contributed by atoms with Crippen LogP contribution in [0.15, 0.2) is 60.1 Å². The molecule has 0 atom stereocenters. The van der Waals surface area contributed by atoms with Crippen LogP contribution < -0.4 is 5.43 Å². The van der Waals surface area contributed by atoms with Gasteiger partial charge in [-0.15, -0.1) is 0 Å². The molecule has 28 heavy (non-hydrogen) atoms. The summed E-state index contributed by atoms with van der Waals surface area (Å²) in [7, 11) is 0. The van der Waals surface area contributed by atoms with Crippen molar-refractivity contribution < 1.29 is 5.11 Å². The third-order valence-electron chi connectivity index (χ3n) is 4.26. The van der Waals surface area contributed by atoms with E-state index in [4.69, 9.17) is 0 Å². The maximum Gasteiger partial charge on any atom is 0.120 e. The Bertz CT molecular complexity index is 1080. The van der Waals surface area contributed by atoms with Gasteiger partial charge in [0.2, 0.25) is 0 Å². The van der Waals surface area contributed by atoms with E-state index in [2.05, 4.69) is 57.0 Å². The maximum atomic E-state index is 9.86. The van der Waals surface area contributed by atoms with Crippen molar-refractivity contribution in [3.63, 3.8) is 0 Å². The lowest BCUT2D eigenvalue weighted by Gasteiger charge is -2.06. The van der Waals surface area contributed by atoms with E-state index in [-0.39, 0.29) is 0 Å². The minimum absolute atomic E-state index is 0.621. The molecule has 142 valence electrons. The van der Waals surface area contributed by atoms with E-state index >= 15 is 0 Å². The van der Waals surface area contributed by atoms with Gasteiger partial charge in [-0.2, -0.15) is 5.10 Å². The summed E-state index contributed by atoms with van der Waals surface area (Å²) in [6.45, 7) is 9.52. The van der Waals surface area contributed by atoms with E-state index < -0.39 is 5.60 Å². The highest BCUT2D eigenvalue weighted by atomic mass is 16.3. The molecule has 0 aliphatic carbocycles. The van der Waals surface area contributed by atoms with E-state index in [9.17, 15) is 5.11 Å². The van der Waals surface area contributed by atoms with Crippen LogP contribution in [-0.4, -0.2) is 27.0 Å². The first-order valence-electron chi connectivity index (χ1n) is 9.04. The Labute approximate surface area is 165 Å². The highest BCUT2D eigenvalue weighted by molar-refractivity contribution is 5.93. The Balaban J connectivity index is 2.11. The molecular formula is C23H24N4O. The van der Waals surface area contributed by atoms with Crippen LogP contribution in [0, 0.1) is 11.8 Å². The van der Waals surface area contributed by atoms with Gasteiger partial charge in [0.1, 0.15) is 11.3 Å². The molecule has 2 aromatic heterocycles. The minimum atomic E-state index is -1.06. The van der Waals surface area contributed by atoms with E-state index in [1.54, 1.807) is 13.8 Å². The molecule has 0 radical (unpaired) electrons. The first-order valence-corrected chi connectivity index (χ1v) is 9.04. The third-order valence-corrected chi connectivity index (χ3v) is 4.26. The molecule has 0 saturated carbocycles. The smallest absolute Gasteiger partial charge is 0.120 e. The average molecular weight is 372 g/mol. The molecule has 0 bridgehead atoms. The van der Waals surface area contributed by atoms with Gasteiger partial charge in [-0.25, -0.2) is 4.98 Å². The second kappa shape index (κ2) is 8.12. The fraction of sp³-hybridized carbons (Fsp3) is 0.217. The van der Waals surface area contributed by atoms with Gasteiger partial charge in [0.25, 0.3) is 0 Å². The summed E-state index contributed by atoms with van der Waals surface area (Å²) in [4.78, 5) is 4.48. The van der Waals surface area contributed by atoms with Crippen molar-refractivity contribution in [1.29, 1.82) is 0 Å². The van der Waals surface area contributed by atoms with Crippen LogP contribution in [0.5, 0.6) is 0 Å². The standard InChI is InChI=1S/C23H24N4O/c1-17(13-26-24-4)21-16-27(15-18-8-6-5-7-9-18)22-14-25-19(12-20(21)22)10-11-23(2,3)28/h5-9,12-14,16,26,28H,4,15H2,1-3H3/b17-13+. The molecule has 0 saturated heterocycles. The number of benzene rings is 1. The number of hydrazone groups is 1. The van der Waals surface area contributed by atoms with Gasteiger partial charge in [-0.05, 0) is 43.9 Å². The minimum Gasteiger partial charge on any atom is -0.378 e. The second-order valence-corrected chi connectivity index (χ2v) is 7.17. The number of allylic oxidation sites excluding steroid dienone is 1. The molecule has 0 aliphatic rings. The molecule has 3 aromatic rings. The molecule has 3 rings (SSSR count). The molecule has 2 heterocycles. The number of fused-ring (bicyclic) bond motifs is 1. The largest absolute Gasteiger partial charge is 0.378 e. The summed E-state index contributed by atoms with van der Waals surface area (Å²) in [5.74, 6) is 5.78. The van der Waals surface area contributed by atoms with Gasteiger partial charge in [-0.3, -0.25) is 5.43 Å². The normalized spacial score (nSPS) is 11.8. The topological polar surface area (TPSA) is 62.4 Å². The number of nitrogens with zero attached hydrogens (tertiary/aromatic N) is 3. The fourth-order valence-electron chi connectivity index (χ4n) is 2.92. The highest BCUT2D eigenvalue weighted by Gasteiger charge is 2.12. The fourth-order valence-corrected chi connectivity index (χ4v) is 2.92. The van der Waals surface area contributed by atoms with E-state index in [0.29, 0.717) is 5.69 Å². The van der Waals surface area contributed by atoms with Gasteiger partial charge in [-0.1, -0.05) is 36.3 Å². The SMILES string of the molecule is C=NN/C=C(\C)c1cn(Cc2ccccc2)c2cnc(C#CC(C)(C)O)cc12. The van der Waals surface area contributed by atoms with Crippen LogP contribution in [0.4, 0.5) is 0 Å². The Morgan fingerprint density at radius 3 is 2.79 bits per heavy atom. The lowest BCUT2D eigenvalue weighted by Crippen LogP contribution is -2.14. The Kier molecular flexibility index (Phi) is 5.62. The summed E-state index contributed by atoms with van der Waals surface area (Å²) in [5.41, 5.74) is 6.68. The van der Waals surface area contributed by atoms with Crippen LogP contribution in [0.2, 0.25) is 0 Å². The average Bonchev–Trinajstić information content (AvgIpc) is 3.02. The van der Waals surface area contributed by atoms with Crippen LogP contribution in [0.25, 0.3) is 16.5 Å². The van der Waals surface area contributed by atoms with Gasteiger partial charge in [0.05, 0.1) is 11.7 Å². The molecule has 0 amide bonds. The zero-order valence-corrected chi connectivity index (χ0v) is 16.4. The van der Waals surface area contributed by atoms with Crippen molar-refractivity contribution in [2.75, 3.05) is 0 Å². The number of hydrogen-bond acceptors (Lipinski definition) is 4. The summed E-state index contributed by atoms with van der Waals surface area (Å²) in [6, 6.07) is 12.3. The molecule has 0 spiro atoms. The predicted octanol–water partition coefficient (Wildman–Crippen LogP) is 3.77. The van der Waals surface area contributed by atoms with Crippen molar-refractivity contribution in [2.45, 2.75) is 32.9 Å². The quantitative estimate of drug-likeness (QED) is 0.407. The van der Waals surface area contributed by atoms with Crippen molar-refractivity contribution in [2.24, 2.45) is 5.10 Å². The van der Waals surface area contributed by atoms with Gasteiger partial charge < -0.3 is 9.67 Å². The van der Waals surface area contributed by atoms with E-state index in [1.165, 1.54) is 5.56 Å². The van der Waals surface area contributed by atoms with Crippen molar-refractivity contribution in [3.8, 4) is 11.8 Å². The third kappa shape index (κ3) is 4.67. The highest BCUT2D eigenvalue weighted by Crippen LogP contribution is 2.28. The molecule has 0 fully saturated rings. The molecule has 1 aromatic carbocycles. The van der Waals surface area contributed by atoms with Crippen molar-refractivity contribution >= 4 is 23.2 Å². The monoisotopic (exact) mass is 372 g/mol. The summed E-state index contributed by atoms with van der Waals surface area (Å²) >= 11 is 0. The number of nitrogens with one attached hydrogen (secondary N) is 1. The molecule has 5 nitrogen and oxygen atoms in total. The molecule has 0 unspecified atom stereocenters. The van der Waals surface area contributed by atoms with E-state index in [1.807, 2.05) is 43.6 Å². The zero-order chi connectivity index (χ0) is 20.1. The van der Waals surface area contributed by atoms with Crippen LogP contribution in [0.1, 0.15) is 37.6 Å². The first kappa shape index (κ1) is 19.4. The maximum absolute atomic E-state index is 9.86. The number of rotatable bonds is 5. The molecule has 2 N–H and O–H groups in total. The summed E-state index contributed by atoms with van der Waals surface area (Å²) < 4.78 is 2.18. The number of aliphatic hydroxyl groups is 1. The summed E-state index contributed by atoms with van der Waals surface area (Å²) in [6.07, 6.45) is 5.77. The van der Waals surface area contributed by atoms with Gasteiger partial charge in [0, 0.05) is 36.6 Å². The lowest BCUT2D eigenvalue weighted by molar-refractivity contribution is 0.143. The predicted molar refractivity (Wildman–Crippen MR) is 115 cm³/mol. The second-order valence-electron chi connectivity index (χ2n) is 7.17. The van der Waals surface area contributed by atoms with Crippen LogP contribution in [0.3, 0.4) is 0 Å². The van der Waals surface area contributed by atoms with Crippen LogP contribution in [-0.2, 0) is 6.54 Å². The first-order chi connectivity index (χ1) is 13.4. The number of hydrogen-bond donors (Lipinski definition) is 2. The summed E-state index contributed by atoms with van der Waals surface area (Å²) in [5, 5.41) is 14.6. The molecule has 0 aliphatic heterocycles. The number of pyridine rings is 1. The van der Waals surface area contributed by atoms with Crippen molar-refractivity contribution in [3.05, 3.63) is 71.8 Å². The molecule has 5 heteroatoms.